The molecule has 0 rings (SSSR count). The molecule has 0 saturated heterocycles. The predicted molar refractivity (Wildman–Crippen MR) is 395 cm³/mol. The quantitative estimate of drug-likeness (QED) is 0.0222. The lowest BCUT2D eigenvalue weighted by Gasteiger charge is -2.21. The topological polar surface area (TPSA) is 237 Å². The second-order valence-corrected chi connectivity index (χ2v) is 31.5. The lowest BCUT2D eigenvalue weighted by atomic mass is 10.0. The average Bonchev–Trinajstić information content (AvgIpc) is 1.74. The second kappa shape index (κ2) is 71.1. The molecule has 0 aromatic carbocycles. The molecule has 2 unspecified atom stereocenters. The Labute approximate surface area is 594 Å². The van der Waals surface area contributed by atoms with Crippen LogP contribution in [0.5, 0.6) is 0 Å². The van der Waals surface area contributed by atoms with Gasteiger partial charge < -0.3 is 33.8 Å². The Bertz CT molecular complexity index is 1860. The molecule has 3 N–H and O–H groups in total. The number of aliphatic hydroxyl groups is 1. The Morgan fingerprint density at radius 1 is 0.278 bits per heavy atom. The predicted octanol–water partition coefficient (Wildman–Crippen LogP) is 23.3. The average molecular weight is 1420 g/mol. The minimum Gasteiger partial charge on any atom is -0.462 e. The maximum atomic E-state index is 13.1. The highest BCUT2D eigenvalue weighted by Gasteiger charge is 2.30. The molecule has 0 spiro atoms. The van der Waals surface area contributed by atoms with Gasteiger partial charge in [-0.3, -0.25) is 37.3 Å². The number of carbonyl (C=O) groups is 4. The number of carbonyl (C=O) groups excluding carboxylic acids is 4. The fraction of sp³-hybridized carbons (Fsp3) is 0.949. The van der Waals surface area contributed by atoms with Crippen LogP contribution in [0, 0.1) is 5.92 Å². The fourth-order valence-corrected chi connectivity index (χ4v) is 13.6. The first-order valence-corrected chi connectivity index (χ1v) is 43.6. The molecular weight excluding hydrogens is 1270 g/mol. The van der Waals surface area contributed by atoms with Gasteiger partial charge in [-0.2, -0.15) is 0 Å². The van der Waals surface area contributed by atoms with E-state index in [-0.39, 0.29) is 25.7 Å². The van der Waals surface area contributed by atoms with Crippen molar-refractivity contribution in [1.29, 1.82) is 0 Å². The van der Waals surface area contributed by atoms with Crippen LogP contribution in [-0.2, 0) is 65.4 Å². The first-order valence-electron chi connectivity index (χ1n) is 40.6. The number of hydrogen-bond acceptors (Lipinski definition) is 15. The van der Waals surface area contributed by atoms with Crippen molar-refractivity contribution in [2.75, 3.05) is 39.6 Å². The zero-order valence-electron chi connectivity index (χ0n) is 63.2. The van der Waals surface area contributed by atoms with E-state index in [2.05, 4.69) is 34.6 Å². The summed E-state index contributed by atoms with van der Waals surface area (Å²) in [6, 6.07) is 0. The molecule has 0 aliphatic rings. The molecule has 0 aromatic rings. The van der Waals surface area contributed by atoms with Crippen LogP contribution < -0.4 is 0 Å². The fourth-order valence-electron chi connectivity index (χ4n) is 12.1. The summed E-state index contributed by atoms with van der Waals surface area (Å²) in [5, 5.41) is 10.6. The summed E-state index contributed by atoms with van der Waals surface area (Å²) >= 11 is 0. The first kappa shape index (κ1) is 95.1. The van der Waals surface area contributed by atoms with Gasteiger partial charge in [-0.05, 0) is 31.6 Å². The number of ether oxygens (including phenoxy) is 4. The van der Waals surface area contributed by atoms with E-state index in [1.54, 1.807) is 0 Å². The van der Waals surface area contributed by atoms with Crippen LogP contribution in [0.3, 0.4) is 0 Å². The highest BCUT2D eigenvalue weighted by Crippen LogP contribution is 2.45. The highest BCUT2D eigenvalue weighted by atomic mass is 31.2. The van der Waals surface area contributed by atoms with Crippen LogP contribution in [0.25, 0.3) is 0 Å². The third-order valence-electron chi connectivity index (χ3n) is 18.3. The van der Waals surface area contributed by atoms with E-state index in [0.29, 0.717) is 25.7 Å². The van der Waals surface area contributed by atoms with Crippen molar-refractivity contribution in [1.82, 2.24) is 0 Å². The molecule has 0 saturated carbocycles. The van der Waals surface area contributed by atoms with Crippen LogP contribution in [0.4, 0.5) is 0 Å². The van der Waals surface area contributed by atoms with Gasteiger partial charge in [0.25, 0.3) is 0 Å². The first-order chi connectivity index (χ1) is 47.0. The molecular formula is C78H152O17P2. The number of esters is 4. The zero-order chi connectivity index (χ0) is 71.2. The third kappa shape index (κ3) is 72.2. The molecule has 19 heteroatoms. The summed E-state index contributed by atoms with van der Waals surface area (Å²) in [6.07, 6.45) is 61.5. The van der Waals surface area contributed by atoms with Gasteiger partial charge in [0.1, 0.15) is 19.3 Å². The van der Waals surface area contributed by atoms with Gasteiger partial charge in [-0.25, -0.2) is 9.13 Å². The molecule has 0 aliphatic carbocycles. The van der Waals surface area contributed by atoms with Crippen LogP contribution in [0.15, 0.2) is 0 Å². The number of phosphoric ester groups is 2. The van der Waals surface area contributed by atoms with Crippen molar-refractivity contribution in [3.05, 3.63) is 0 Å². The Kier molecular flexibility index (Phi) is 69.6. The molecule has 0 heterocycles. The molecule has 17 nitrogen and oxygen atoms in total. The summed E-state index contributed by atoms with van der Waals surface area (Å²) < 4.78 is 68.4. The van der Waals surface area contributed by atoms with Gasteiger partial charge in [-0.15, -0.1) is 0 Å². The van der Waals surface area contributed by atoms with Crippen molar-refractivity contribution < 1.29 is 80.2 Å². The number of unbranched alkanes of at least 4 members (excludes halogenated alkanes) is 50. The monoisotopic (exact) mass is 1420 g/mol. The molecule has 0 aliphatic heterocycles. The van der Waals surface area contributed by atoms with Crippen molar-refractivity contribution in [3.8, 4) is 0 Å². The number of aliphatic hydroxyl groups excluding tert-OH is 1. The van der Waals surface area contributed by atoms with E-state index < -0.39 is 97.5 Å². The molecule has 576 valence electrons. The summed E-state index contributed by atoms with van der Waals surface area (Å²) in [7, 11) is -9.90. The molecule has 5 atom stereocenters. The van der Waals surface area contributed by atoms with E-state index in [1.807, 2.05) is 0 Å². The van der Waals surface area contributed by atoms with Gasteiger partial charge in [0, 0.05) is 25.7 Å². The van der Waals surface area contributed by atoms with Crippen molar-refractivity contribution >= 4 is 39.5 Å². The van der Waals surface area contributed by atoms with Crippen LogP contribution in [0.1, 0.15) is 413 Å². The maximum absolute atomic E-state index is 13.1. The summed E-state index contributed by atoms with van der Waals surface area (Å²) in [5.41, 5.74) is 0. The van der Waals surface area contributed by atoms with Crippen LogP contribution >= 0.6 is 15.6 Å². The van der Waals surface area contributed by atoms with Crippen molar-refractivity contribution in [2.45, 2.75) is 432 Å². The Morgan fingerprint density at radius 3 is 0.701 bits per heavy atom. The van der Waals surface area contributed by atoms with Gasteiger partial charge >= 0.3 is 39.5 Å². The van der Waals surface area contributed by atoms with E-state index in [1.165, 1.54) is 231 Å². The SMILES string of the molecule is CCCCCCCCCCCCCCCCCCCCCC(=O)O[C@H](COC(=O)CCCCCCCCCCCCCCCCCC(C)C)COP(=O)(O)OC[C@@H](O)COP(=O)(O)OC[C@@H](COC(=O)CCCCCCC)OC(=O)CCCCCCCCCCCCCCCCC. The smallest absolute Gasteiger partial charge is 0.462 e. The van der Waals surface area contributed by atoms with E-state index in [9.17, 15) is 43.2 Å². The molecule has 0 aromatic heterocycles. The van der Waals surface area contributed by atoms with Gasteiger partial charge in [-0.1, -0.05) is 362 Å². The minimum atomic E-state index is -4.96. The van der Waals surface area contributed by atoms with Gasteiger partial charge in [0.05, 0.1) is 26.4 Å². The van der Waals surface area contributed by atoms with Crippen LogP contribution in [0.2, 0.25) is 0 Å². The number of hydrogen-bond donors (Lipinski definition) is 3. The Morgan fingerprint density at radius 2 is 0.474 bits per heavy atom. The van der Waals surface area contributed by atoms with E-state index >= 15 is 0 Å². The summed E-state index contributed by atoms with van der Waals surface area (Å²) in [4.78, 5) is 72.6. The van der Waals surface area contributed by atoms with Gasteiger partial charge in [0.2, 0.25) is 0 Å². The normalized spacial score (nSPS) is 13.9. The second-order valence-electron chi connectivity index (χ2n) is 28.6. The molecule has 97 heavy (non-hydrogen) atoms. The minimum absolute atomic E-state index is 0.108. The Hall–Kier alpha value is -1.94. The number of phosphoric acid groups is 2. The molecule has 0 fully saturated rings. The summed E-state index contributed by atoms with van der Waals surface area (Å²) in [6.45, 7) is 7.25. The molecule has 0 amide bonds. The zero-order valence-corrected chi connectivity index (χ0v) is 65.0. The maximum Gasteiger partial charge on any atom is 0.472 e. The largest absolute Gasteiger partial charge is 0.472 e. The Balaban J connectivity index is 5.13. The van der Waals surface area contributed by atoms with Crippen molar-refractivity contribution in [3.63, 3.8) is 0 Å². The highest BCUT2D eigenvalue weighted by molar-refractivity contribution is 7.47. The molecule has 0 radical (unpaired) electrons. The standard InChI is InChI=1S/C78H152O17P2/c1-6-9-12-15-17-19-21-23-25-26-27-28-32-37-41-45-49-54-59-64-78(83)95-74(68-89-76(81)62-57-52-47-43-39-35-33-29-31-34-38-42-46-51-55-60-71(4)5)70-93-97(86,87)91-66-72(79)65-90-96(84,85)92-69-73(67-88-75(80)61-56-50-14-11-8-3)94-77(82)63-58-53-48-44-40-36-30-24-22-20-18-16-13-10-7-2/h71-74,79H,6-70H2,1-5H3,(H,84,85)(H,86,87)/t72-,73+,74+/m0/s1. The lowest BCUT2D eigenvalue weighted by Crippen LogP contribution is -2.30. The van der Waals surface area contributed by atoms with Crippen LogP contribution in [-0.4, -0.2) is 96.7 Å². The van der Waals surface area contributed by atoms with E-state index in [0.717, 1.165) is 102 Å². The molecule has 0 bridgehead atoms. The van der Waals surface area contributed by atoms with E-state index in [4.69, 9.17) is 37.0 Å². The summed E-state index contributed by atoms with van der Waals surface area (Å²) in [5.74, 6) is -1.31. The third-order valence-corrected chi connectivity index (χ3v) is 20.2. The van der Waals surface area contributed by atoms with Crippen molar-refractivity contribution in [2.24, 2.45) is 5.92 Å². The number of rotatable bonds is 78. The van der Waals surface area contributed by atoms with Gasteiger partial charge in [0.15, 0.2) is 12.2 Å². The lowest BCUT2D eigenvalue weighted by molar-refractivity contribution is -0.161.